The molecule has 28 heavy (non-hydrogen) atoms. The monoisotopic (exact) mass is 402 g/mol. The summed E-state index contributed by atoms with van der Waals surface area (Å²) in [6.07, 6.45) is 0. The van der Waals surface area contributed by atoms with E-state index >= 15 is 0 Å². The van der Waals surface area contributed by atoms with Crippen molar-refractivity contribution in [2.45, 2.75) is 51.6 Å². The molecule has 0 radical (unpaired) electrons. The maximum atomic E-state index is 13.0. The van der Waals surface area contributed by atoms with Gasteiger partial charge in [-0.1, -0.05) is 51.1 Å². The van der Waals surface area contributed by atoms with Gasteiger partial charge in [-0.25, -0.2) is 8.93 Å². The largest absolute Gasteiger partial charge is 0.497 e. The molecular weight excluding hydrogens is 372 g/mol. The highest BCUT2D eigenvalue weighted by Crippen LogP contribution is 2.24. The van der Waals surface area contributed by atoms with E-state index in [1.54, 1.807) is 7.11 Å². The van der Waals surface area contributed by atoms with Gasteiger partial charge in [-0.3, -0.25) is 4.79 Å². The second-order valence-corrected chi connectivity index (χ2v) is 9.08. The van der Waals surface area contributed by atoms with E-state index in [2.05, 4.69) is 10.0 Å². The lowest BCUT2D eigenvalue weighted by Gasteiger charge is -2.24. The Morgan fingerprint density at radius 1 is 1.00 bits per heavy atom. The first-order valence-corrected chi connectivity index (χ1v) is 10.5. The highest BCUT2D eigenvalue weighted by Gasteiger charge is 2.25. The molecular formula is C22H30N2O3S. The van der Waals surface area contributed by atoms with Gasteiger partial charge in [-0.05, 0) is 43.2 Å². The first-order valence-electron chi connectivity index (χ1n) is 9.35. The van der Waals surface area contributed by atoms with Gasteiger partial charge in [-0.15, -0.1) is 0 Å². The second kappa shape index (κ2) is 9.34. The normalized spacial score (nSPS) is 14.8. The van der Waals surface area contributed by atoms with Crippen LogP contribution >= 0.6 is 0 Å². The van der Waals surface area contributed by atoms with E-state index in [4.69, 9.17) is 4.74 Å². The molecule has 0 aliphatic carbocycles. The lowest BCUT2D eigenvalue weighted by atomic mass is 9.94. The van der Waals surface area contributed by atoms with Gasteiger partial charge in [0.2, 0.25) is 5.91 Å². The van der Waals surface area contributed by atoms with Crippen LogP contribution in [-0.4, -0.2) is 17.2 Å². The molecule has 2 aromatic rings. The van der Waals surface area contributed by atoms with Crippen molar-refractivity contribution in [3.8, 4) is 5.75 Å². The molecule has 0 unspecified atom stereocenters. The molecule has 5 nitrogen and oxygen atoms in total. The van der Waals surface area contributed by atoms with Crippen LogP contribution in [0, 0.1) is 5.41 Å². The molecule has 0 aliphatic rings. The minimum absolute atomic E-state index is 0.0415. The van der Waals surface area contributed by atoms with Crippen molar-refractivity contribution in [1.29, 1.82) is 0 Å². The van der Waals surface area contributed by atoms with Crippen molar-refractivity contribution in [1.82, 2.24) is 10.0 Å². The summed E-state index contributed by atoms with van der Waals surface area (Å²) in [5, 5.41) is 3.01. The van der Waals surface area contributed by atoms with Crippen LogP contribution in [-0.2, 0) is 15.8 Å². The number of carbonyl (C=O) groups excluding carboxylic acids is 1. The van der Waals surface area contributed by atoms with E-state index < -0.39 is 16.4 Å². The van der Waals surface area contributed by atoms with Gasteiger partial charge in [0.1, 0.15) is 16.7 Å². The third-order valence-electron chi connectivity index (χ3n) is 4.51. The molecule has 2 aromatic carbocycles. The Morgan fingerprint density at radius 2 is 1.61 bits per heavy atom. The molecule has 2 rings (SSSR count). The first kappa shape index (κ1) is 22.1. The van der Waals surface area contributed by atoms with Crippen molar-refractivity contribution < 1.29 is 13.7 Å². The van der Waals surface area contributed by atoms with Crippen LogP contribution in [0.25, 0.3) is 0 Å². The van der Waals surface area contributed by atoms with Crippen molar-refractivity contribution >= 4 is 16.9 Å². The minimum Gasteiger partial charge on any atom is -0.497 e. The van der Waals surface area contributed by atoms with E-state index in [-0.39, 0.29) is 18.0 Å². The van der Waals surface area contributed by atoms with Gasteiger partial charge in [0.25, 0.3) is 0 Å². The number of nitrogens with one attached hydrogen (secondary N) is 2. The molecule has 152 valence electrons. The quantitative estimate of drug-likeness (QED) is 0.726. The molecule has 6 heteroatoms. The smallest absolute Gasteiger partial charge is 0.225 e. The van der Waals surface area contributed by atoms with Crippen LogP contribution in [0.3, 0.4) is 0 Å². The number of amides is 1. The summed E-state index contributed by atoms with van der Waals surface area (Å²) < 4.78 is 21.4. The summed E-state index contributed by atoms with van der Waals surface area (Å²) in [5.41, 5.74) is 1.37. The zero-order valence-electron chi connectivity index (χ0n) is 17.4. The molecule has 0 spiro atoms. The molecule has 0 bridgehead atoms. The van der Waals surface area contributed by atoms with Gasteiger partial charge in [-0.2, -0.15) is 0 Å². The summed E-state index contributed by atoms with van der Waals surface area (Å²) in [7, 11) is 0.205. The van der Waals surface area contributed by atoms with Crippen LogP contribution in [0.5, 0.6) is 5.75 Å². The number of ether oxygens (including phenoxy) is 1. The Labute approximate surface area is 170 Å². The van der Waals surface area contributed by atoms with Crippen molar-refractivity contribution in [2.75, 3.05) is 7.11 Å². The summed E-state index contributed by atoms with van der Waals surface area (Å²) in [4.78, 5) is 13.0. The number of rotatable bonds is 7. The van der Waals surface area contributed by atoms with Gasteiger partial charge in [0.05, 0.1) is 18.0 Å². The predicted molar refractivity (Wildman–Crippen MR) is 113 cm³/mol. The fourth-order valence-electron chi connectivity index (χ4n) is 2.68. The zero-order valence-corrected chi connectivity index (χ0v) is 18.2. The Morgan fingerprint density at radius 3 is 2.18 bits per heavy atom. The van der Waals surface area contributed by atoms with E-state index in [1.807, 2.05) is 83.1 Å². The van der Waals surface area contributed by atoms with Gasteiger partial charge >= 0.3 is 0 Å². The fraction of sp³-hybridized carbons (Fsp3) is 0.409. The lowest BCUT2D eigenvalue weighted by molar-refractivity contribution is -0.129. The molecule has 0 saturated carbocycles. The average Bonchev–Trinajstić information content (AvgIpc) is 2.67. The molecule has 3 atom stereocenters. The van der Waals surface area contributed by atoms with Gasteiger partial charge in [0, 0.05) is 11.5 Å². The average molecular weight is 403 g/mol. The van der Waals surface area contributed by atoms with E-state index in [1.165, 1.54) is 0 Å². The zero-order chi connectivity index (χ0) is 20.9. The Hall–Kier alpha value is -2.18. The molecule has 0 aliphatic heterocycles. The SMILES string of the molecule is COc1ccc([C@@H](C)N[S@](=O)c2ccccc2[C@@H](C)NC(=O)C(C)(C)C)cc1. The molecule has 0 aromatic heterocycles. The van der Waals surface area contributed by atoms with Crippen molar-refractivity contribution in [3.05, 3.63) is 59.7 Å². The van der Waals surface area contributed by atoms with Crippen LogP contribution in [0.4, 0.5) is 0 Å². The number of hydrogen-bond acceptors (Lipinski definition) is 3. The van der Waals surface area contributed by atoms with E-state index in [9.17, 15) is 9.00 Å². The summed E-state index contributed by atoms with van der Waals surface area (Å²) in [6.45, 7) is 9.49. The summed E-state index contributed by atoms with van der Waals surface area (Å²) in [6, 6.07) is 14.8. The highest BCUT2D eigenvalue weighted by molar-refractivity contribution is 7.83. The topological polar surface area (TPSA) is 67.4 Å². The van der Waals surface area contributed by atoms with Crippen molar-refractivity contribution in [3.63, 3.8) is 0 Å². The standard InChI is InChI=1S/C22H30N2O3S/c1-15(17-11-13-18(27-6)14-12-17)24-28(26)20-10-8-7-9-19(20)16(2)23-21(25)22(3,4)5/h7-16,24H,1-6H3,(H,23,25)/t15-,16-,28-/m1/s1. The Bertz CT molecular complexity index is 828. The number of hydrogen-bond donors (Lipinski definition) is 2. The number of benzene rings is 2. The first-order chi connectivity index (χ1) is 13.1. The van der Waals surface area contributed by atoms with E-state index in [0.29, 0.717) is 4.90 Å². The van der Waals surface area contributed by atoms with Crippen LogP contribution in [0.2, 0.25) is 0 Å². The van der Waals surface area contributed by atoms with Gasteiger partial charge in [0.15, 0.2) is 0 Å². The third kappa shape index (κ3) is 5.66. The maximum Gasteiger partial charge on any atom is 0.225 e. The van der Waals surface area contributed by atoms with Crippen LogP contribution < -0.4 is 14.8 Å². The Kier molecular flexibility index (Phi) is 7.38. The second-order valence-electron chi connectivity index (χ2n) is 7.86. The number of carbonyl (C=O) groups is 1. The molecule has 0 fully saturated rings. The summed E-state index contributed by atoms with van der Waals surface area (Å²) in [5.74, 6) is 0.742. The van der Waals surface area contributed by atoms with Gasteiger partial charge < -0.3 is 10.1 Å². The lowest BCUT2D eigenvalue weighted by Crippen LogP contribution is -2.37. The molecule has 2 N–H and O–H groups in total. The minimum atomic E-state index is -1.42. The fourth-order valence-corrected chi connectivity index (χ4v) is 3.93. The molecule has 0 saturated heterocycles. The van der Waals surface area contributed by atoms with Crippen LogP contribution in [0.1, 0.15) is 57.8 Å². The van der Waals surface area contributed by atoms with E-state index in [0.717, 1.165) is 16.9 Å². The number of methoxy groups -OCH3 is 1. The highest BCUT2D eigenvalue weighted by atomic mass is 32.2. The van der Waals surface area contributed by atoms with Crippen LogP contribution in [0.15, 0.2) is 53.4 Å². The summed E-state index contributed by atoms with van der Waals surface area (Å²) >= 11 is 0. The predicted octanol–water partition coefficient (Wildman–Crippen LogP) is 4.29. The maximum absolute atomic E-state index is 13.0. The third-order valence-corrected chi connectivity index (χ3v) is 5.85. The molecule has 0 heterocycles. The molecule has 1 amide bonds. The Balaban J connectivity index is 2.16. The van der Waals surface area contributed by atoms with Crippen molar-refractivity contribution in [2.24, 2.45) is 5.41 Å².